The molecule has 0 bridgehead atoms. The smallest absolute Gasteiger partial charge is 0.387 e. The number of benzene rings is 1. The quantitative estimate of drug-likeness (QED) is 0.442. The number of aliphatic hydroxyl groups excluding tert-OH is 1. The predicted molar refractivity (Wildman–Crippen MR) is 123 cm³/mol. The van der Waals surface area contributed by atoms with Crippen molar-refractivity contribution in [2.45, 2.75) is 40.4 Å². The molecule has 0 aliphatic carbocycles. The molecule has 34 heavy (non-hydrogen) atoms. The number of halogens is 2. The lowest BCUT2D eigenvalue weighted by Gasteiger charge is -2.17. The third kappa shape index (κ3) is 6.65. The second-order valence-corrected chi connectivity index (χ2v) is 8.01. The maximum atomic E-state index is 13.1. The molecule has 0 saturated heterocycles. The van der Waals surface area contributed by atoms with Crippen LogP contribution in [0.2, 0.25) is 0 Å². The zero-order valence-electron chi connectivity index (χ0n) is 19.6. The molecule has 1 atom stereocenters. The summed E-state index contributed by atoms with van der Waals surface area (Å²) >= 11 is 0. The van der Waals surface area contributed by atoms with Crippen molar-refractivity contribution in [3.05, 3.63) is 47.4 Å². The lowest BCUT2D eigenvalue weighted by Crippen LogP contribution is -2.31. The van der Waals surface area contributed by atoms with Crippen LogP contribution >= 0.6 is 0 Å². The Kier molecular flexibility index (Phi) is 8.92. The van der Waals surface area contributed by atoms with Crippen LogP contribution in [0.5, 0.6) is 11.5 Å². The molecule has 2 aromatic rings. The molecular weight excluding hydrogens is 446 g/mol. The fourth-order valence-electron chi connectivity index (χ4n) is 3.03. The molecule has 1 unspecified atom stereocenters. The van der Waals surface area contributed by atoms with E-state index in [0.717, 1.165) is 5.57 Å². The molecule has 8 nitrogen and oxygen atoms in total. The number of ether oxygens (including phenoxy) is 2. The lowest BCUT2D eigenvalue weighted by molar-refractivity contribution is -0.0502. The third-order valence-corrected chi connectivity index (χ3v) is 4.83. The Labute approximate surface area is 196 Å². The van der Waals surface area contributed by atoms with Crippen molar-refractivity contribution >= 4 is 12.0 Å². The number of aromatic amines is 1. The molecule has 1 heterocycles. The van der Waals surface area contributed by atoms with Gasteiger partial charge in [-0.25, -0.2) is 4.98 Å². The Bertz CT molecular complexity index is 1110. The van der Waals surface area contributed by atoms with Crippen molar-refractivity contribution in [2.75, 3.05) is 13.7 Å². The molecule has 0 fully saturated rings. The summed E-state index contributed by atoms with van der Waals surface area (Å²) in [6, 6.07) is 5.01. The zero-order valence-corrected chi connectivity index (χ0v) is 19.6. The molecule has 182 valence electrons. The van der Waals surface area contributed by atoms with E-state index in [2.05, 4.69) is 26.1 Å². The van der Waals surface area contributed by atoms with E-state index in [1.54, 1.807) is 19.9 Å². The van der Waals surface area contributed by atoms with E-state index in [1.165, 1.54) is 32.4 Å². The van der Waals surface area contributed by atoms with E-state index in [1.807, 2.05) is 19.1 Å². The minimum absolute atomic E-state index is 0.00292. The van der Waals surface area contributed by atoms with E-state index in [0.29, 0.717) is 17.1 Å². The minimum Gasteiger partial charge on any atom is -0.496 e. The SMILES string of the molecule is C/C=C\C(=C/c1ncc(-c2cc(OC)c(C(=O)NCC(C)O)c(OC(F)F)c2)[nH]1)C(C)(C)C#N. The molecule has 2 rings (SSSR count). The number of aliphatic hydroxyl groups is 1. The molecule has 0 saturated carbocycles. The van der Waals surface area contributed by atoms with E-state index < -0.39 is 24.0 Å². The second-order valence-electron chi connectivity index (χ2n) is 8.01. The standard InChI is InChI=1S/C24H28F2N4O4/c1-6-7-16(24(3,4)13-27)10-20-28-12-17(30-20)15-8-18(33-5)21(19(9-15)34-23(25)26)22(32)29-11-14(2)31/h6-10,12,14,23,31H,11H2,1-5H3,(H,28,30)(H,29,32)/b7-6-,16-10+. The number of amides is 1. The average Bonchev–Trinajstić information content (AvgIpc) is 3.24. The summed E-state index contributed by atoms with van der Waals surface area (Å²) in [6.07, 6.45) is 6.01. The number of aromatic nitrogens is 2. The largest absolute Gasteiger partial charge is 0.496 e. The molecular formula is C24H28F2N4O4. The molecule has 0 radical (unpaired) electrons. The number of imidazole rings is 1. The number of allylic oxidation sites excluding steroid dienone is 3. The summed E-state index contributed by atoms with van der Waals surface area (Å²) in [5.41, 5.74) is 0.580. The topological polar surface area (TPSA) is 120 Å². The molecule has 0 aliphatic rings. The molecule has 1 aromatic heterocycles. The van der Waals surface area contributed by atoms with Gasteiger partial charge < -0.3 is 24.9 Å². The normalized spacial score (nSPS) is 13.1. The van der Waals surface area contributed by atoms with Gasteiger partial charge in [0.1, 0.15) is 22.9 Å². The highest BCUT2D eigenvalue weighted by molar-refractivity contribution is 6.00. The number of nitrogens with zero attached hydrogens (tertiary/aromatic N) is 2. The number of rotatable bonds is 10. The first-order chi connectivity index (χ1) is 16.0. The Balaban J connectivity index is 2.55. The number of carbonyl (C=O) groups excluding carboxylic acids is 1. The van der Waals surface area contributed by atoms with E-state index in [9.17, 15) is 23.9 Å². The number of carbonyl (C=O) groups is 1. The molecule has 0 spiro atoms. The van der Waals surface area contributed by atoms with Gasteiger partial charge in [-0.1, -0.05) is 12.2 Å². The first-order valence-corrected chi connectivity index (χ1v) is 10.5. The van der Waals surface area contributed by atoms with Crippen LogP contribution in [0.3, 0.4) is 0 Å². The van der Waals surface area contributed by atoms with E-state index in [-0.39, 0.29) is 23.6 Å². The molecule has 0 aliphatic heterocycles. The lowest BCUT2D eigenvalue weighted by atomic mass is 9.85. The summed E-state index contributed by atoms with van der Waals surface area (Å²) in [4.78, 5) is 20.0. The molecule has 3 N–H and O–H groups in total. The summed E-state index contributed by atoms with van der Waals surface area (Å²) in [7, 11) is 1.30. The van der Waals surface area contributed by atoms with Crippen molar-refractivity contribution in [2.24, 2.45) is 5.41 Å². The van der Waals surface area contributed by atoms with Crippen molar-refractivity contribution in [1.29, 1.82) is 5.26 Å². The van der Waals surface area contributed by atoms with Gasteiger partial charge in [0.15, 0.2) is 0 Å². The van der Waals surface area contributed by atoms with Crippen LogP contribution in [-0.4, -0.2) is 47.4 Å². The van der Waals surface area contributed by atoms with Gasteiger partial charge in [-0.3, -0.25) is 4.79 Å². The number of hydrogen-bond donors (Lipinski definition) is 3. The number of alkyl halides is 2. The first-order valence-electron chi connectivity index (χ1n) is 10.5. The fraction of sp³-hybridized carbons (Fsp3) is 0.375. The van der Waals surface area contributed by atoms with Crippen molar-refractivity contribution in [1.82, 2.24) is 15.3 Å². The third-order valence-electron chi connectivity index (χ3n) is 4.83. The predicted octanol–water partition coefficient (Wildman–Crippen LogP) is 4.31. The van der Waals surface area contributed by atoms with Crippen LogP contribution in [0.4, 0.5) is 8.78 Å². The van der Waals surface area contributed by atoms with Crippen LogP contribution in [0, 0.1) is 16.7 Å². The van der Waals surface area contributed by atoms with Gasteiger partial charge in [-0.2, -0.15) is 14.0 Å². The first kappa shape index (κ1) is 26.5. The van der Waals surface area contributed by atoms with Crippen molar-refractivity contribution in [3.8, 4) is 28.8 Å². The highest BCUT2D eigenvalue weighted by atomic mass is 19.3. The van der Waals surface area contributed by atoms with Gasteiger partial charge in [0.25, 0.3) is 5.91 Å². The monoisotopic (exact) mass is 474 g/mol. The molecule has 1 aromatic carbocycles. The Morgan fingerprint density at radius 3 is 2.62 bits per heavy atom. The van der Waals surface area contributed by atoms with Crippen LogP contribution in [-0.2, 0) is 0 Å². The Morgan fingerprint density at radius 1 is 1.38 bits per heavy atom. The van der Waals surface area contributed by atoms with Gasteiger partial charge in [-0.15, -0.1) is 0 Å². The zero-order chi connectivity index (χ0) is 25.5. The van der Waals surface area contributed by atoms with E-state index in [4.69, 9.17) is 4.74 Å². The van der Waals surface area contributed by atoms with Crippen LogP contribution < -0.4 is 14.8 Å². The number of H-pyrrole nitrogens is 1. The molecule has 1 amide bonds. The van der Waals surface area contributed by atoms with Crippen molar-refractivity contribution in [3.63, 3.8) is 0 Å². The number of nitrogens with one attached hydrogen (secondary N) is 2. The second kappa shape index (κ2) is 11.4. The number of nitriles is 1. The van der Waals surface area contributed by atoms with Crippen LogP contribution in [0.15, 0.2) is 36.1 Å². The summed E-state index contributed by atoms with van der Waals surface area (Å²) in [6.45, 7) is 3.61. The van der Waals surface area contributed by atoms with Gasteiger partial charge in [0, 0.05) is 12.1 Å². The van der Waals surface area contributed by atoms with Crippen LogP contribution in [0.1, 0.15) is 43.9 Å². The maximum Gasteiger partial charge on any atom is 0.387 e. The number of hydrogen-bond acceptors (Lipinski definition) is 6. The van der Waals surface area contributed by atoms with Gasteiger partial charge >= 0.3 is 6.61 Å². The molecule has 10 heteroatoms. The van der Waals surface area contributed by atoms with Crippen LogP contribution in [0.25, 0.3) is 17.3 Å². The van der Waals surface area contributed by atoms with Crippen molar-refractivity contribution < 1.29 is 28.2 Å². The number of methoxy groups -OCH3 is 1. The Morgan fingerprint density at radius 2 is 2.06 bits per heavy atom. The summed E-state index contributed by atoms with van der Waals surface area (Å²) in [5.74, 6) is -0.675. The fourth-order valence-corrected chi connectivity index (χ4v) is 3.03. The summed E-state index contributed by atoms with van der Waals surface area (Å²) in [5, 5.41) is 21.3. The van der Waals surface area contributed by atoms with Gasteiger partial charge in [0.05, 0.1) is 36.6 Å². The average molecular weight is 475 g/mol. The minimum atomic E-state index is -3.18. The Hall–Kier alpha value is -3.71. The van der Waals surface area contributed by atoms with E-state index >= 15 is 0 Å². The highest BCUT2D eigenvalue weighted by Crippen LogP contribution is 2.36. The maximum absolute atomic E-state index is 13.1. The van der Waals surface area contributed by atoms with Gasteiger partial charge in [-0.05, 0) is 51.5 Å². The highest BCUT2D eigenvalue weighted by Gasteiger charge is 2.24. The summed E-state index contributed by atoms with van der Waals surface area (Å²) < 4.78 is 36.1. The van der Waals surface area contributed by atoms with Gasteiger partial charge in [0.2, 0.25) is 0 Å².